The molecule has 1 heterocycles. The zero-order chi connectivity index (χ0) is 18.0. The number of hydrogen-bond donors (Lipinski definition) is 0. The molecule has 0 spiro atoms. The SMILES string of the molecule is CC(C)(Cc1ccccn1)C1C=Cc2ccccc21.[CH2-]C.[Cl][Cr+][Cl]. The summed E-state index contributed by atoms with van der Waals surface area (Å²) in [7, 11) is 9.65. The Hall–Kier alpha value is -0.778. The first-order chi connectivity index (χ1) is 11.6. The second kappa shape index (κ2) is 11.0. The fraction of sp³-hybridized carbons (Fsp3) is 0.300. The standard InChI is InChI=1S/C18H19N.C2H5.2ClH.Cr/c1-18(2,13-15-8-5-6-12-19-15)17-11-10-14-7-3-4-9-16(14)17;1-2;;;/h3-12,17H,13H2,1-2H3;1H2,2H3;2*1H;/q;-1;;;+3/p-2. The van der Waals surface area contributed by atoms with Crippen LogP contribution in [0, 0.1) is 12.3 Å². The van der Waals surface area contributed by atoms with Gasteiger partial charge in [-0.25, -0.2) is 0 Å². The van der Waals surface area contributed by atoms with Crippen LogP contribution in [0.2, 0.25) is 0 Å². The van der Waals surface area contributed by atoms with Gasteiger partial charge in [0.25, 0.3) is 0 Å². The van der Waals surface area contributed by atoms with E-state index in [0.717, 1.165) is 6.42 Å². The number of pyridine rings is 1. The molecule has 1 aliphatic carbocycles. The van der Waals surface area contributed by atoms with E-state index in [1.165, 1.54) is 16.8 Å². The van der Waals surface area contributed by atoms with Crippen LogP contribution >= 0.6 is 20.1 Å². The van der Waals surface area contributed by atoms with Gasteiger partial charge in [0.05, 0.1) is 0 Å². The molecule has 0 bridgehead atoms. The van der Waals surface area contributed by atoms with Crippen molar-refractivity contribution in [2.75, 3.05) is 0 Å². The normalized spacial score (nSPS) is 14.7. The van der Waals surface area contributed by atoms with Crippen LogP contribution in [0.15, 0.2) is 54.7 Å². The quantitative estimate of drug-likeness (QED) is 0.523. The molecular weight excluding hydrogens is 377 g/mol. The van der Waals surface area contributed by atoms with Crippen molar-refractivity contribution in [3.63, 3.8) is 0 Å². The van der Waals surface area contributed by atoms with Crippen molar-refractivity contribution >= 4 is 26.2 Å². The molecule has 4 heteroatoms. The van der Waals surface area contributed by atoms with E-state index in [4.69, 9.17) is 20.1 Å². The minimum atomic E-state index is -0.181. The summed E-state index contributed by atoms with van der Waals surface area (Å²) in [5.41, 5.74) is 4.16. The molecule has 1 aromatic heterocycles. The molecule has 1 aliphatic rings. The number of benzene rings is 1. The average molecular weight is 401 g/mol. The third-order valence-electron chi connectivity index (χ3n) is 4.00. The molecule has 3 rings (SSSR count). The molecule has 0 N–H and O–H groups in total. The van der Waals surface area contributed by atoms with Gasteiger partial charge in [0.2, 0.25) is 0 Å². The van der Waals surface area contributed by atoms with E-state index < -0.39 is 0 Å². The van der Waals surface area contributed by atoms with E-state index in [1.54, 1.807) is 6.92 Å². The van der Waals surface area contributed by atoms with Crippen molar-refractivity contribution in [1.82, 2.24) is 4.98 Å². The van der Waals surface area contributed by atoms with Gasteiger partial charge < -0.3 is 6.92 Å². The number of allylic oxidation sites excluding steroid dienone is 1. The van der Waals surface area contributed by atoms with Crippen molar-refractivity contribution < 1.29 is 13.4 Å². The monoisotopic (exact) mass is 400 g/mol. The Morgan fingerprint density at radius 3 is 2.33 bits per heavy atom. The molecule has 2 aromatic rings. The number of hydrogen-bond acceptors (Lipinski definition) is 1. The van der Waals surface area contributed by atoms with Gasteiger partial charge in [-0.2, -0.15) is 6.92 Å². The van der Waals surface area contributed by atoms with Gasteiger partial charge in [0.1, 0.15) is 0 Å². The molecule has 1 atom stereocenters. The molecule has 0 radical (unpaired) electrons. The van der Waals surface area contributed by atoms with Crippen molar-refractivity contribution in [3.05, 3.63) is 78.5 Å². The fourth-order valence-corrected chi connectivity index (χ4v) is 3.01. The van der Waals surface area contributed by atoms with Gasteiger partial charge >= 0.3 is 33.5 Å². The molecular formula is C20H24Cl2CrN. The summed E-state index contributed by atoms with van der Waals surface area (Å²) in [6, 6.07) is 14.8. The first-order valence-electron chi connectivity index (χ1n) is 7.85. The Morgan fingerprint density at radius 2 is 1.71 bits per heavy atom. The summed E-state index contributed by atoms with van der Waals surface area (Å²) in [4.78, 5) is 4.47. The summed E-state index contributed by atoms with van der Waals surface area (Å²) in [5, 5.41) is 0. The average Bonchev–Trinajstić information content (AvgIpc) is 3.03. The van der Waals surface area contributed by atoms with Crippen LogP contribution in [0.3, 0.4) is 0 Å². The van der Waals surface area contributed by atoms with Gasteiger partial charge in [-0.1, -0.05) is 56.3 Å². The first-order valence-corrected chi connectivity index (χ1v) is 11.4. The number of nitrogens with zero attached hydrogens (tertiary/aromatic N) is 1. The Kier molecular flexibility index (Phi) is 9.71. The molecule has 0 saturated carbocycles. The maximum absolute atomic E-state index is 4.83. The molecule has 1 aromatic carbocycles. The molecule has 1 nitrogen and oxygen atoms in total. The fourth-order valence-electron chi connectivity index (χ4n) is 3.01. The van der Waals surface area contributed by atoms with Crippen LogP contribution in [0.4, 0.5) is 0 Å². The van der Waals surface area contributed by atoms with E-state index in [2.05, 4.69) is 74.3 Å². The van der Waals surface area contributed by atoms with E-state index >= 15 is 0 Å². The summed E-state index contributed by atoms with van der Waals surface area (Å²) in [5.74, 6) is 0.478. The topological polar surface area (TPSA) is 12.9 Å². The molecule has 0 amide bonds. The van der Waals surface area contributed by atoms with Crippen LogP contribution in [0.25, 0.3) is 6.08 Å². The third kappa shape index (κ3) is 5.94. The Balaban J connectivity index is 0.000000521. The summed E-state index contributed by atoms with van der Waals surface area (Å²) in [6.07, 6.45) is 7.47. The summed E-state index contributed by atoms with van der Waals surface area (Å²) >= 11 is -0.181. The van der Waals surface area contributed by atoms with Crippen LogP contribution in [-0.4, -0.2) is 4.98 Å². The summed E-state index contributed by atoms with van der Waals surface area (Å²) in [6.45, 7) is 9.66. The van der Waals surface area contributed by atoms with E-state index in [-0.39, 0.29) is 18.8 Å². The number of rotatable bonds is 3. The number of aromatic nitrogens is 1. The molecule has 129 valence electrons. The third-order valence-corrected chi connectivity index (χ3v) is 4.00. The molecule has 0 aliphatic heterocycles. The van der Waals surface area contributed by atoms with Gasteiger partial charge in [-0.3, -0.25) is 4.98 Å². The van der Waals surface area contributed by atoms with Crippen LogP contribution in [-0.2, 0) is 19.8 Å². The summed E-state index contributed by atoms with van der Waals surface area (Å²) < 4.78 is 0. The van der Waals surface area contributed by atoms with Gasteiger partial charge in [-0.15, -0.1) is 0 Å². The Bertz CT molecular complexity index is 627. The maximum atomic E-state index is 4.83. The molecule has 1 unspecified atom stereocenters. The van der Waals surface area contributed by atoms with Crippen molar-refractivity contribution in [2.45, 2.75) is 33.1 Å². The van der Waals surface area contributed by atoms with E-state index in [9.17, 15) is 0 Å². The van der Waals surface area contributed by atoms with Crippen molar-refractivity contribution in [1.29, 1.82) is 0 Å². The second-order valence-corrected chi connectivity index (χ2v) is 8.12. The zero-order valence-electron chi connectivity index (χ0n) is 14.4. The first kappa shape index (κ1) is 21.3. The predicted molar refractivity (Wildman–Crippen MR) is 103 cm³/mol. The van der Waals surface area contributed by atoms with Gasteiger partial charge in [0.15, 0.2) is 0 Å². The second-order valence-electron chi connectivity index (χ2n) is 6.01. The minimum absolute atomic E-state index is 0.178. The Morgan fingerprint density at radius 1 is 1.08 bits per heavy atom. The molecule has 0 saturated heterocycles. The van der Waals surface area contributed by atoms with Crippen LogP contribution in [0.5, 0.6) is 0 Å². The van der Waals surface area contributed by atoms with E-state index in [1.807, 2.05) is 12.3 Å². The number of halogens is 2. The van der Waals surface area contributed by atoms with Crippen LogP contribution < -0.4 is 0 Å². The molecule has 24 heavy (non-hydrogen) atoms. The zero-order valence-corrected chi connectivity index (χ0v) is 17.2. The Labute approximate surface area is 161 Å². The van der Waals surface area contributed by atoms with Crippen molar-refractivity contribution in [2.24, 2.45) is 5.41 Å². The van der Waals surface area contributed by atoms with Crippen molar-refractivity contribution in [3.8, 4) is 0 Å². The number of fused-ring (bicyclic) bond motifs is 1. The van der Waals surface area contributed by atoms with Gasteiger partial charge in [0, 0.05) is 17.8 Å². The predicted octanol–water partition coefficient (Wildman–Crippen LogP) is 6.68. The van der Waals surface area contributed by atoms with Gasteiger partial charge in [-0.05, 0) is 35.1 Å². The molecule has 0 fully saturated rings. The van der Waals surface area contributed by atoms with E-state index in [0.29, 0.717) is 5.92 Å². The van der Waals surface area contributed by atoms with Crippen LogP contribution in [0.1, 0.15) is 43.5 Å².